The largest absolute Gasteiger partial charge is 0.468 e. The molecular weight excluding hydrogens is 278 g/mol. The number of ether oxygens (including phenoxy) is 1. The van der Waals surface area contributed by atoms with E-state index in [0.29, 0.717) is 0 Å². The Balaban J connectivity index is 2.76. The first kappa shape index (κ1) is 12.7. The van der Waals surface area contributed by atoms with Crippen LogP contribution in [0.25, 0.3) is 0 Å². The number of nitrogens with one attached hydrogen (secondary N) is 1. The maximum atomic E-state index is 11.5. The van der Waals surface area contributed by atoms with Crippen LogP contribution in [-0.4, -0.2) is 19.6 Å². The predicted octanol–water partition coefficient (Wildman–Crippen LogP) is 2.72. The molecular formula is C10H14BrNO2S. The van der Waals surface area contributed by atoms with Crippen molar-refractivity contribution in [1.82, 2.24) is 5.32 Å². The molecule has 15 heavy (non-hydrogen) atoms. The molecule has 0 aliphatic rings. The smallest absolute Gasteiger partial charge is 0.328 e. The Kier molecular flexibility index (Phi) is 5.28. The minimum Gasteiger partial charge on any atom is -0.468 e. The molecule has 0 spiro atoms. The summed E-state index contributed by atoms with van der Waals surface area (Å²) in [6.07, 6.45) is 0.986. The van der Waals surface area contributed by atoms with Crippen LogP contribution in [0.3, 0.4) is 0 Å². The molecule has 0 bridgehead atoms. The Morgan fingerprint density at radius 2 is 2.40 bits per heavy atom. The number of carbonyl (C=O) groups excluding carboxylic acids is 1. The molecule has 1 heterocycles. The highest BCUT2D eigenvalue weighted by Crippen LogP contribution is 2.27. The number of halogens is 1. The normalized spacial score (nSPS) is 12.5. The molecule has 1 rings (SSSR count). The molecule has 1 aromatic heterocycles. The van der Waals surface area contributed by atoms with Crippen LogP contribution in [-0.2, 0) is 9.53 Å². The summed E-state index contributed by atoms with van der Waals surface area (Å²) in [6.45, 7) is 2.86. The zero-order valence-corrected chi connectivity index (χ0v) is 11.2. The summed E-state index contributed by atoms with van der Waals surface area (Å²) in [5, 5.41) is 3.16. The summed E-state index contributed by atoms with van der Waals surface area (Å²) in [7, 11) is 1.41. The van der Waals surface area contributed by atoms with E-state index in [2.05, 4.69) is 28.2 Å². The van der Waals surface area contributed by atoms with E-state index < -0.39 is 0 Å². The van der Waals surface area contributed by atoms with Crippen LogP contribution in [0.2, 0.25) is 0 Å². The van der Waals surface area contributed by atoms with Crippen LogP contribution in [0.15, 0.2) is 15.9 Å². The minimum atomic E-state index is -0.341. The van der Waals surface area contributed by atoms with Gasteiger partial charge in [-0.05, 0) is 41.0 Å². The molecule has 5 heteroatoms. The van der Waals surface area contributed by atoms with Gasteiger partial charge in [-0.2, -0.15) is 0 Å². The maximum absolute atomic E-state index is 11.5. The molecule has 84 valence electrons. The maximum Gasteiger partial charge on any atom is 0.328 e. The molecule has 0 amide bonds. The van der Waals surface area contributed by atoms with Gasteiger partial charge in [0, 0.05) is 4.88 Å². The molecule has 0 fully saturated rings. The molecule has 1 aromatic rings. The van der Waals surface area contributed by atoms with Crippen molar-refractivity contribution < 1.29 is 9.53 Å². The summed E-state index contributed by atoms with van der Waals surface area (Å²) in [6, 6.07) is 3.52. The lowest BCUT2D eigenvalue weighted by molar-refractivity contribution is -0.143. The van der Waals surface area contributed by atoms with Crippen LogP contribution < -0.4 is 5.32 Å². The fourth-order valence-electron chi connectivity index (χ4n) is 1.19. The van der Waals surface area contributed by atoms with Crippen molar-refractivity contribution in [3.8, 4) is 0 Å². The van der Waals surface area contributed by atoms with Crippen molar-refractivity contribution in [3.63, 3.8) is 0 Å². The molecule has 0 aromatic carbocycles. The van der Waals surface area contributed by atoms with Crippen LogP contribution >= 0.6 is 27.3 Å². The van der Waals surface area contributed by atoms with Crippen LogP contribution in [0.5, 0.6) is 0 Å². The molecule has 0 aliphatic heterocycles. The highest BCUT2D eigenvalue weighted by molar-refractivity contribution is 9.11. The summed E-state index contributed by atoms with van der Waals surface area (Å²) >= 11 is 4.92. The average molecular weight is 292 g/mol. The van der Waals surface area contributed by atoms with Crippen molar-refractivity contribution >= 4 is 33.2 Å². The Morgan fingerprint density at radius 1 is 1.67 bits per heavy atom. The second-order valence-electron chi connectivity index (χ2n) is 3.05. The first-order chi connectivity index (χ1) is 7.19. The molecule has 0 radical (unpaired) electrons. The minimum absolute atomic E-state index is 0.238. The Hall–Kier alpha value is -0.390. The molecule has 3 nitrogen and oxygen atoms in total. The molecule has 1 unspecified atom stereocenters. The van der Waals surface area contributed by atoms with Gasteiger partial charge in [-0.1, -0.05) is 6.92 Å². The number of rotatable bonds is 5. The van der Waals surface area contributed by atoms with Crippen molar-refractivity contribution in [1.29, 1.82) is 0 Å². The van der Waals surface area contributed by atoms with E-state index in [1.165, 1.54) is 7.11 Å². The number of hydrogen-bond acceptors (Lipinski definition) is 4. The molecule has 1 N–H and O–H groups in total. The highest BCUT2D eigenvalue weighted by atomic mass is 79.9. The summed E-state index contributed by atoms with van der Waals surface area (Å²) < 4.78 is 5.78. The third kappa shape index (κ3) is 3.59. The molecule has 0 saturated carbocycles. The topological polar surface area (TPSA) is 38.3 Å². The Bertz CT molecular complexity index is 327. The van der Waals surface area contributed by atoms with E-state index in [0.717, 1.165) is 21.6 Å². The Morgan fingerprint density at radius 3 is 2.87 bits per heavy atom. The van der Waals surface area contributed by atoms with Crippen molar-refractivity contribution in [2.45, 2.75) is 19.4 Å². The van der Waals surface area contributed by atoms with E-state index in [1.807, 2.05) is 12.1 Å². The SMILES string of the molecule is CCCNC(C(=O)OC)c1ccc(Br)s1. The second kappa shape index (κ2) is 6.25. The van der Waals surface area contributed by atoms with Gasteiger partial charge >= 0.3 is 5.97 Å². The lowest BCUT2D eigenvalue weighted by Crippen LogP contribution is -2.29. The lowest BCUT2D eigenvalue weighted by Gasteiger charge is -2.14. The van der Waals surface area contributed by atoms with E-state index in [9.17, 15) is 4.79 Å². The van der Waals surface area contributed by atoms with Gasteiger partial charge < -0.3 is 10.1 Å². The quantitative estimate of drug-likeness (QED) is 0.848. The van der Waals surface area contributed by atoms with E-state index in [1.54, 1.807) is 11.3 Å². The van der Waals surface area contributed by atoms with Gasteiger partial charge in [-0.3, -0.25) is 0 Å². The van der Waals surface area contributed by atoms with Gasteiger partial charge in [0.1, 0.15) is 6.04 Å². The van der Waals surface area contributed by atoms with Crippen molar-refractivity contribution in [3.05, 3.63) is 20.8 Å². The van der Waals surface area contributed by atoms with E-state index >= 15 is 0 Å². The van der Waals surface area contributed by atoms with E-state index in [-0.39, 0.29) is 12.0 Å². The van der Waals surface area contributed by atoms with Crippen LogP contribution in [0.4, 0.5) is 0 Å². The van der Waals surface area contributed by atoms with Crippen molar-refractivity contribution in [2.75, 3.05) is 13.7 Å². The number of thiophene rings is 1. The summed E-state index contributed by atoms with van der Waals surface area (Å²) in [5.41, 5.74) is 0. The zero-order valence-electron chi connectivity index (χ0n) is 8.75. The summed E-state index contributed by atoms with van der Waals surface area (Å²) in [4.78, 5) is 12.5. The van der Waals surface area contributed by atoms with Crippen LogP contribution in [0.1, 0.15) is 24.3 Å². The number of carbonyl (C=O) groups is 1. The lowest BCUT2D eigenvalue weighted by atomic mass is 10.2. The first-order valence-electron chi connectivity index (χ1n) is 4.75. The standard InChI is InChI=1S/C10H14BrNO2S/c1-3-6-12-9(10(13)14-2)7-4-5-8(11)15-7/h4-5,9,12H,3,6H2,1-2H3. The molecule has 0 aliphatic carbocycles. The fourth-order valence-corrected chi connectivity index (χ4v) is 2.68. The predicted molar refractivity (Wildman–Crippen MR) is 65.1 cm³/mol. The van der Waals surface area contributed by atoms with Gasteiger partial charge in [0.15, 0.2) is 0 Å². The van der Waals surface area contributed by atoms with Crippen LogP contribution in [0, 0.1) is 0 Å². The van der Waals surface area contributed by atoms with Gasteiger partial charge in [0.2, 0.25) is 0 Å². The van der Waals surface area contributed by atoms with Gasteiger partial charge in [0.05, 0.1) is 10.9 Å². The average Bonchev–Trinajstić information content (AvgIpc) is 2.65. The molecule has 1 atom stereocenters. The number of methoxy groups -OCH3 is 1. The molecule has 0 saturated heterocycles. The zero-order chi connectivity index (χ0) is 11.3. The first-order valence-corrected chi connectivity index (χ1v) is 6.36. The van der Waals surface area contributed by atoms with Gasteiger partial charge in [-0.25, -0.2) is 4.79 Å². The van der Waals surface area contributed by atoms with Gasteiger partial charge in [-0.15, -0.1) is 11.3 Å². The van der Waals surface area contributed by atoms with E-state index in [4.69, 9.17) is 4.74 Å². The third-order valence-electron chi connectivity index (χ3n) is 1.91. The summed E-state index contributed by atoms with van der Waals surface area (Å²) in [5.74, 6) is -0.238. The highest BCUT2D eigenvalue weighted by Gasteiger charge is 2.21. The third-order valence-corrected chi connectivity index (χ3v) is 3.60. The number of hydrogen-bond donors (Lipinski definition) is 1. The monoisotopic (exact) mass is 291 g/mol. The van der Waals surface area contributed by atoms with Crippen molar-refractivity contribution in [2.24, 2.45) is 0 Å². The second-order valence-corrected chi connectivity index (χ2v) is 5.55. The number of esters is 1. The Labute approximate surface area is 102 Å². The fraction of sp³-hybridized carbons (Fsp3) is 0.500. The van der Waals surface area contributed by atoms with Gasteiger partial charge in [0.25, 0.3) is 0 Å².